The van der Waals surface area contributed by atoms with Crippen molar-refractivity contribution >= 4 is 23.4 Å². The van der Waals surface area contributed by atoms with Crippen molar-refractivity contribution in [3.05, 3.63) is 72.8 Å². The van der Waals surface area contributed by atoms with E-state index < -0.39 is 0 Å². The molecule has 0 aliphatic heterocycles. The molecule has 1 N–H and O–H groups in total. The lowest BCUT2D eigenvalue weighted by molar-refractivity contribution is -0.113. The lowest BCUT2D eigenvalue weighted by Crippen LogP contribution is -2.15. The number of ether oxygens (including phenoxy) is 3. The summed E-state index contributed by atoms with van der Waals surface area (Å²) in [6, 6.07) is 22.3. The van der Waals surface area contributed by atoms with Crippen molar-refractivity contribution in [3.63, 3.8) is 0 Å². The van der Waals surface area contributed by atoms with Crippen molar-refractivity contribution in [3.8, 4) is 39.8 Å². The second-order valence-corrected chi connectivity index (χ2v) is 8.23. The van der Waals surface area contributed by atoms with E-state index in [1.165, 1.54) is 11.8 Å². The molecule has 0 spiro atoms. The number of methoxy groups -OCH3 is 3. The zero-order chi connectivity index (χ0) is 24.6. The van der Waals surface area contributed by atoms with Crippen LogP contribution in [0.3, 0.4) is 0 Å². The predicted octanol–water partition coefficient (Wildman–Crippen LogP) is 4.96. The summed E-state index contributed by atoms with van der Waals surface area (Å²) >= 11 is 1.21. The number of amides is 1. The number of hydrogen-bond acceptors (Lipinski definition) is 8. The number of rotatable bonds is 9. The first kappa shape index (κ1) is 24.0. The molecule has 0 fully saturated rings. The molecule has 0 aliphatic rings. The van der Waals surface area contributed by atoms with Gasteiger partial charge in [-0.1, -0.05) is 23.9 Å². The van der Waals surface area contributed by atoms with Crippen LogP contribution in [0, 0.1) is 0 Å². The molecule has 0 aliphatic carbocycles. The second-order valence-electron chi connectivity index (χ2n) is 7.29. The van der Waals surface area contributed by atoms with Gasteiger partial charge in [-0.2, -0.15) is 0 Å². The van der Waals surface area contributed by atoms with E-state index in [0.29, 0.717) is 28.0 Å². The summed E-state index contributed by atoms with van der Waals surface area (Å²) in [5.74, 6) is 1.99. The number of carbonyl (C=O) groups is 1. The highest BCUT2D eigenvalue weighted by molar-refractivity contribution is 7.99. The summed E-state index contributed by atoms with van der Waals surface area (Å²) in [5, 5.41) is 12.0. The van der Waals surface area contributed by atoms with Gasteiger partial charge in [0.1, 0.15) is 28.6 Å². The SMILES string of the molecule is COc1ccc(-c2nnc(SCC(=O)Nc3ccccc3OC)nc2-c2ccc(OC)cc2)cc1. The molecule has 1 aromatic heterocycles. The lowest BCUT2D eigenvalue weighted by Gasteiger charge is -2.11. The molecule has 9 heteroatoms. The molecule has 0 bridgehead atoms. The summed E-state index contributed by atoms with van der Waals surface area (Å²) in [6.45, 7) is 0. The fourth-order valence-corrected chi connectivity index (χ4v) is 3.92. The van der Waals surface area contributed by atoms with Crippen LogP contribution in [-0.4, -0.2) is 48.2 Å². The van der Waals surface area contributed by atoms with Crippen LogP contribution >= 0.6 is 11.8 Å². The number of carbonyl (C=O) groups excluding carboxylic acids is 1. The van der Waals surface area contributed by atoms with Crippen LogP contribution in [0.4, 0.5) is 5.69 Å². The van der Waals surface area contributed by atoms with Gasteiger partial charge in [-0.25, -0.2) is 4.98 Å². The predicted molar refractivity (Wildman–Crippen MR) is 136 cm³/mol. The van der Waals surface area contributed by atoms with Crippen LogP contribution in [0.2, 0.25) is 0 Å². The maximum absolute atomic E-state index is 12.5. The van der Waals surface area contributed by atoms with Gasteiger partial charge in [0, 0.05) is 11.1 Å². The number of benzene rings is 3. The van der Waals surface area contributed by atoms with E-state index in [4.69, 9.17) is 19.2 Å². The van der Waals surface area contributed by atoms with Crippen LogP contribution in [0.5, 0.6) is 17.2 Å². The molecule has 0 unspecified atom stereocenters. The van der Waals surface area contributed by atoms with Crippen LogP contribution in [0.1, 0.15) is 0 Å². The van der Waals surface area contributed by atoms with E-state index in [9.17, 15) is 4.79 Å². The Morgan fingerprint density at radius 1 is 0.771 bits per heavy atom. The van der Waals surface area contributed by atoms with Gasteiger partial charge in [-0.3, -0.25) is 4.79 Å². The Labute approximate surface area is 207 Å². The fraction of sp³-hybridized carbons (Fsp3) is 0.154. The summed E-state index contributed by atoms with van der Waals surface area (Å²) in [4.78, 5) is 17.3. The third kappa shape index (κ3) is 5.88. The number of hydrogen-bond donors (Lipinski definition) is 1. The number of thioether (sulfide) groups is 1. The van der Waals surface area contributed by atoms with E-state index >= 15 is 0 Å². The van der Waals surface area contributed by atoms with Crippen LogP contribution in [-0.2, 0) is 4.79 Å². The minimum absolute atomic E-state index is 0.115. The van der Waals surface area contributed by atoms with Gasteiger partial charge in [-0.15, -0.1) is 10.2 Å². The highest BCUT2D eigenvalue weighted by Gasteiger charge is 2.16. The number of para-hydroxylation sites is 2. The van der Waals surface area contributed by atoms with E-state index in [1.54, 1.807) is 33.5 Å². The quantitative estimate of drug-likeness (QED) is 0.330. The smallest absolute Gasteiger partial charge is 0.234 e. The van der Waals surface area contributed by atoms with Gasteiger partial charge < -0.3 is 19.5 Å². The molecule has 1 heterocycles. The summed E-state index contributed by atoms with van der Waals surface area (Å²) < 4.78 is 15.8. The molecule has 4 aromatic rings. The molecule has 8 nitrogen and oxygen atoms in total. The van der Waals surface area contributed by atoms with E-state index in [1.807, 2.05) is 60.7 Å². The lowest BCUT2D eigenvalue weighted by atomic mass is 10.0. The maximum Gasteiger partial charge on any atom is 0.234 e. The molecule has 0 radical (unpaired) electrons. The molecular formula is C26H24N4O4S. The van der Waals surface area contributed by atoms with Gasteiger partial charge >= 0.3 is 0 Å². The Kier molecular flexibility index (Phi) is 7.79. The molecule has 35 heavy (non-hydrogen) atoms. The Morgan fingerprint density at radius 2 is 1.37 bits per heavy atom. The fourth-order valence-electron chi connectivity index (χ4n) is 3.33. The third-order valence-electron chi connectivity index (χ3n) is 5.11. The Hall–Kier alpha value is -4.11. The van der Waals surface area contributed by atoms with Crippen molar-refractivity contribution in [2.75, 3.05) is 32.4 Å². The topological polar surface area (TPSA) is 95.5 Å². The molecule has 0 saturated heterocycles. The van der Waals surface area contributed by atoms with Gasteiger partial charge in [0.15, 0.2) is 0 Å². The van der Waals surface area contributed by atoms with Gasteiger partial charge in [0.25, 0.3) is 0 Å². The van der Waals surface area contributed by atoms with Crippen molar-refractivity contribution in [2.24, 2.45) is 0 Å². The monoisotopic (exact) mass is 488 g/mol. The summed E-state index contributed by atoms with van der Waals surface area (Å²) in [5.41, 5.74) is 3.59. The minimum Gasteiger partial charge on any atom is -0.497 e. The zero-order valence-electron chi connectivity index (χ0n) is 19.5. The standard InChI is InChI=1S/C26H24N4O4S/c1-32-19-12-8-17(9-13-19)24-25(18-10-14-20(33-2)15-11-18)29-30-26(28-24)35-16-23(31)27-21-6-4-5-7-22(21)34-3/h4-15H,16H2,1-3H3,(H,27,31). The van der Waals surface area contributed by atoms with E-state index in [2.05, 4.69) is 15.5 Å². The van der Waals surface area contributed by atoms with Crippen molar-refractivity contribution in [2.45, 2.75) is 5.16 Å². The number of nitrogens with zero attached hydrogens (tertiary/aromatic N) is 3. The van der Waals surface area contributed by atoms with E-state index in [0.717, 1.165) is 22.6 Å². The van der Waals surface area contributed by atoms with E-state index in [-0.39, 0.29) is 11.7 Å². The first-order valence-corrected chi connectivity index (χ1v) is 11.7. The highest BCUT2D eigenvalue weighted by Crippen LogP contribution is 2.32. The summed E-state index contributed by atoms with van der Waals surface area (Å²) in [7, 11) is 4.80. The number of aromatic nitrogens is 3. The zero-order valence-corrected chi connectivity index (χ0v) is 20.3. The molecule has 178 valence electrons. The normalized spacial score (nSPS) is 10.5. The Bertz CT molecular complexity index is 1300. The average molecular weight is 489 g/mol. The Morgan fingerprint density at radius 3 is 1.97 bits per heavy atom. The molecule has 1 amide bonds. The van der Waals surface area contributed by atoms with Crippen LogP contribution < -0.4 is 19.5 Å². The third-order valence-corrected chi connectivity index (χ3v) is 5.95. The number of anilines is 1. The van der Waals surface area contributed by atoms with Crippen molar-refractivity contribution in [1.82, 2.24) is 15.2 Å². The largest absolute Gasteiger partial charge is 0.497 e. The molecular weight excluding hydrogens is 464 g/mol. The van der Waals surface area contributed by atoms with Crippen molar-refractivity contribution in [1.29, 1.82) is 0 Å². The van der Waals surface area contributed by atoms with Gasteiger partial charge in [0.05, 0.1) is 32.8 Å². The van der Waals surface area contributed by atoms with Crippen LogP contribution in [0.25, 0.3) is 22.5 Å². The maximum atomic E-state index is 12.5. The molecule has 0 saturated carbocycles. The summed E-state index contributed by atoms with van der Waals surface area (Å²) in [6.07, 6.45) is 0. The molecule has 3 aromatic carbocycles. The first-order chi connectivity index (χ1) is 17.1. The molecule has 4 rings (SSSR count). The van der Waals surface area contributed by atoms with Gasteiger partial charge in [-0.05, 0) is 60.7 Å². The first-order valence-electron chi connectivity index (χ1n) is 10.7. The highest BCUT2D eigenvalue weighted by atomic mass is 32.2. The van der Waals surface area contributed by atoms with Crippen LogP contribution in [0.15, 0.2) is 78.0 Å². The average Bonchev–Trinajstić information content (AvgIpc) is 2.92. The number of nitrogens with one attached hydrogen (secondary N) is 1. The minimum atomic E-state index is -0.201. The van der Waals surface area contributed by atoms with Crippen molar-refractivity contribution < 1.29 is 19.0 Å². The Balaban J connectivity index is 1.58. The van der Waals surface area contributed by atoms with Gasteiger partial charge in [0.2, 0.25) is 11.1 Å². The second kappa shape index (κ2) is 11.3. The molecule has 0 atom stereocenters.